The Hall–Kier alpha value is -1.94. The van der Waals surface area contributed by atoms with Gasteiger partial charge in [0.05, 0.1) is 26.4 Å². The van der Waals surface area contributed by atoms with Crippen LogP contribution in [0.25, 0.3) is 0 Å². The molecule has 0 saturated carbocycles. The van der Waals surface area contributed by atoms with Crippen molar-refractivity contribution in [1.82, 2.24) is 0 Å². The molecule has 516 valence electrons. The maximum absolute atomic E-state index is 13.0. The van der Waals surface area contributed by atoms with Crippen molar-refractivity contribution in [2.45, 2.75) is 356 Å². The number of carbonyl (C=O) groups is 4. The first-order chi connectivity index (χ1) is 41.8. The molecule has 17 nitrogen and oxygen atoms in total. The lowest BCUT2D eigenvalue weighted by Gasteiger charge is -2.21. The average molecular weight is 1280 g/mol. The summed E-state index contributed by atoms with van der Waals surface area (Å²) in [6, 6.07) is 0. The Morgan fingerprint density at radius 2 is 0.586 bits per heavy atom. The molecule has 6 atom stereocenters. The van der Waals surface area contributed by atoms with Crippen LogP contribution < -0.4 is 0 Å². The minimum atomic E-state index is -4.95. The molecule has 0 aromatic carbocycles. The molecule has 0 amide bonds. The van der Waals surface area contributed by atoms with E-state index in [0.717, 1.165) is 121 Å². The summed E-state index contributed by atoms with van der Waals surface area (Å²) in [7, 11) is -9.89. The van der Waals surface area contributed by atoms with Gasteiger partial charge in [0.2, 0.25) is 0 Å². The number of carbonyl (C=O) groups excluding carboxylic acids is 4. The Balaban J connectivity index is 5.11. The van der Waals surface area contributed by atoms with Crippen molar-refractivity contribution in [2.75, 3.05) is 39.6 Å². The molecule has 0 aliphatic heterocycles. The third-order valence-corrected chi connectivity index (χ3v) is 17.9. The molecule has 0 bridgehead atoms. The van der Waals surface area contributed by atoms with Crippen LogP contribution in [0.2, 0.25) is 0 Å². The van der Waals surface area contributed by atoms with Crippen molar-refractivity contribution in [2.24, 2.45) is 17.8 Å². The van der Waals surface area contributed by atoms with Gasteiger partial charge in [-0.25, -0.2) is 9.13 Å². The Morgan fingerprint density at radius 3 is 0.874 bits per heavy atom. The third kappa shape index (κ3) is 61.3. The van der Waals surface area contributed by atoms with Crippen LogP contribution in [-0.2, 0) is 65.4 Å². The fourth-order valence-corrected chi connectivity index (χ4v) is 11.7. The highest BCUT2D eigenvalue weighted by atomic mass is 31.2. The molecule has 0 fully saturated rings. The number of aliphatic hydroxyl groups is 1. The Kier molecular flexibility index (Phi) is 57.8. The standard InChI is InChI=1S/C68H132O17P2/c1-8-10-11-12-25-35-42-49-65(70)78-55-64(85-68(73)52-45-38-30-28-33-40-47-60(5)6)58-83-87(76,77)81-54-62(69)53-80-86(74,75)82-57-63(56-79-66(71)50-43-36-31-29-34-41-48-61(7)9-2)84-67(72)51-44-37-27-24-22-20-18-16-14-13-15-17-19-21-23-26-32-39-46-59(3)4/h59-64,69H,8-58H2,1-7H3,(H,74,75)(H,76,77)/t61?,62-,63-,64-/m1/s1. The largest absolute Gasteiger partial charge is 0.472 e. The molecule has 87 heavy (non-hydrogen) atoms. The molecule has 0 saturated heterocycles. The summed E-state index contributed by atoms with van der Waals surface area (Å²) in [4.78, 5) is 72.2. The first kappa shape index (κ1) is 85.1. The molecule has 3 N–H and O–H groups in total. The highest BCUT2D eigenvalue weighted by molar-refractivity contribution is 7.47. The summed E-state index contributed by atoms with van der Waals surface area (Å²) in [5.74, 6) is 0.0803. The van der Waals surface area contributed by atoms with Crippen molar-refractivity contribution < 1.29 is 80.2 Å². The number of ether oxygens (including phenoxy) is 4. The van der Waals surface area contributed by atoms with Gasteiger partial charge in [-0.05, 0) is 43.4 Å². The van der Waals surface area contributed by atoms with Crippen LogP contribution in [0.1, 0.15) is 337 Å². The fraction of sp³-hybridized carbons (Fsp3) is 0.941. The minimum Gasteiger partial charge on any atom is -0.462 e. The topological polar surface area (TPSA) is 237 Å². The summed E-state index contributed by atoms with van der Waals surface area (Å²) >= 11 is 0. The van der Waals surface area contributed by atoms with E-state index in [4.69, 9.17) is 37.0 Å². The SMILES string of the molecule is CCCCCCCCCC(=O)OC[C@H](COP(=O)(O)OC[C@H](O)COP(=O)(O)OC[C@@H](COC(=O)CCCCCCCCC(C)CC)OC(=O)CCCCCCCCCCCCCCCCCCCCC(C)C)OC(=O)CCCCCCCCC(C)C. The molecule has 0 heterocycles. The lowest BCUT2D eigenvalue weighted by Crippen LogP contribution is -2.30. The fourth-order valence-electron chi connectivity index (χ4n) is 10.2. The van der Waals surface area contributed by atoms with E-state index in [9.17, 15) is 43.2 Å². The molecule has 0 aliphatic carbocycles. The Labute approximate surface area is 530 Å². The third-order valence-electron chi connectivity index (χ3n) is 16.0. The predicted octanol–water partition coefficient (Wildman–Crippen LogP) is 19.1. The number of aliphatic hydroxyl groups excluding tert-OH is 1. The maximum Gasteiger partial charge on any atom is 0.472 e. The quantitative estimate of drug-likeness (QED) is 0.0222. The molecule has 0 aromatic heterocycles. The van der Waals surface area contributed by atoms with E-state index in [-0.39, 0.29) is 25.7 Å². The predicted molar refractivity (Wildman–Crippen MR) is 349 cm³/mol. The number of hydrogen-bond acceptors (Lipinski definition) is 15. The summed E-state index contributed by atoms with van der Waals surface area (Å²) in [6.45, 7) is 11.7. The number of phosphoric acid groups is 2. The van der Waals surface area contributed by atoms with E-state index in [2.05, 4.69) is 48.5 Å². The molecular weight excluding hydrogens is 1150 g/mol. The van der Waals surface area contributed by atoms with Gasteiger partial charge in [-0.15, -0.1) is 0 Å². The Morgan fingerprint density at radius 1 is 0.333 bits per heavy atom. The highest BCUT2D eigenvalue weighted by Crippen LogP contribution is 2.45. The van der Waals surface area contributed by atoms with E-state index in [1.165, 1.54) is 128 Å². The second-order valence-corrected chi connectivity index (χ2v) is 28.7. The van der Waals surface area contributed by atoms with Gasteiger partial charge >= 0.3 is 39.5 Å². The second kappa shape index (κ2) is 59.1. The Bertz CT molecular complexity index is 1720. The van der Waals surface area contributed by atoms with Gasteiger partial charge < -0.3 is 33.8 Å². The summed E-state index contributed by atoms with van der Waals surface area (Å²) in [6.07, 6.45) is 42.2. The van der Waals surface area contributed by atoms with Gasteiger partial charge in [0.15, 0.2) is 12.2 Å². The number of unbranched alkanes of at least 4 members (excludes halogenated alkanes) is 33. The zero-order valence-electron chi connectivity index (χ0n) is 56.5. The smallest absolute Gasteiger partial charge is 0.462 e. The van der Waals surface area contributed by atoms with E-state index < -0.39 is 97.5 Å². The normalized spacial score (nSPS) is 14.6. The second-order valence-electron chi connectivity index (χ2n) is 25.8. The monoisotopic (exact) mass is 1280 g/mol. The summed E-state index contributed by atoms with van der Waals surface area (Å²) in [5.41, 5.74) is 0. The van der Waals surface area contributed by atoms with Gasteiger partial charge in [-0.3, -0.25) is 37.3 Å². The number of esters is 4. The summed E-state index contributed by atoms with van der Waals surface area (Å²) in [5, 5.41) is 10.5. The van der Waals surface area contributed by atoms with Crippen molar-refractivity contribution in [3.8, 4) is 0 Å². The first-order valence-electron chi connectivity index (χ1n) is 35.4. The average Bonchev–Trinajstić information content (AvgIpc) is 3.62. The van der Waals surface area contributed by atoms with Crippen LogP contribution in [0, 0.1) is 17.8 Å². The molecule has 3 unspecified atom stereocenters. The van der Waals surface area contributed by atoms with Gasteiger partial charge in [0, 0.05) is 25.7 Å². The molecule has 19 heteroatoms. The van der Waals surface area contributed by atoms with E-state index in [0.29, 0.717) is 31.6 Å². The lowest BCUT2D eigenvalue weighted by molar-refractivity contribution is -0.161. The van der Waals surface area contributed by atoms with E-state index in [1.54, 1.807) is 0 Å². The molecular formula is C68H132O17P2. The first-order valence-corrected chi connectivity index (χ1v) is 38.4. The number of hydrogen-bond donors (Lipinski definition) is 3. The van der Waals surface area contributed by atoms with Gasteiger partial charge in [0.25, 0.3) is 0 Å². The van der Waals surface area contributed by atoms with Crippen LogP contribution in [0.4, 0.5) is 0 Å². The highest BCUT2D eigenvalue weighted by Gasteiger charge is 2.30. The molecule has 0 rings (SSSR count). The van der Waals surface area contributed by atoms with Crippen LogP contribution in [0.15, 0.2) is 0 Å². The van der Waals surface area contributed by atoms with E-state index >= 15 is 0 Å². The van der Waals surface area contributed by atoms with Gasteiger partial charge in [0.1, 0.15) is 19.3 Å². The van der Waals surface area contributed by atoms with Crippen molar-refractivity contribution in [3.63, 3.8) is 0 Å². The molecule has 0 radical (unpaired) electrons. The zero-order valence-corrected chi connectivity index (χ0v) is 58.3. The van der Waals surface area contributed by atoms with Crippen LogP contribution >= 0.6 is 15.6 Å². The molecule has 0 aliphatic rings. The van der Waals surface area contributed by atoms with Crippen LogP contribution in [0.5, 0.6) is 0 Å². The zero-order chi connectivity index (χ0) is 64.5. The van der Waals surface area contributed by atoms with Crippen LogP contribution in [-0.4, -0.2) is 96.7 Å². The lowest BCUT2D eigenvalue weighted by atomic mass is 10.00. The van der Waals surface area contributed by atoms with E-state index in [1.807, 2.05) is 0 Å². The van der Waals surface area contributed by atoms with Crippen molar-refractivity contribution >= 4 is 39.5 Å². The summed E-state index contributed by atoms with van der Waals surface area (Å²) < 4.78 is 68.0. The number of phosphoric ester groups is 2. The van der Waals surface area contributed by atoms with Crippen LogP contribution in [0.3, 0.4) is 0 Å². The van der Waals surface area contributed by atoms with Crippen molar-refractivity contribution in [1.29, 1.82) is 0 Å². The minimum absolute atomic E-state index is 0.101. The maximum atomic E-state index is 13.0. The number of rotatable bonds is 66. The van der Waals surface area contributed by atoms with Crippen molar-refractivity contribution in [3.05, 3.63) is 0 Å². The van der Waals surface area contributed by atoms with Gasteiger partial charge in [-0.2, -0.15) is 0 Å². The molecule has 0 spiro atoms. The molecule has 0 aromatic rings. The van der Waals surface area contributed by atoms with Gasteiger partial charge in [-0.1, -0.05) is 286 Å².